The van der Waals surface area contributed by atoms with Crippen LogP contribution in [0, 0.1) is 6.92 Å². The molecule has 1 fully saturated rings. The van der Waals surface area contributed by atoms with Gasteiger partial charge in [0.25, 0.3) is 5.89 Å². The number of rotatable bonds is 2. The molecule has 0 aliphatic carbocycles. The maximum Gasteiger partial charge on any atom is 0.259 e. The fourth-order valence-electron chi connectivity index (χ4n) is 2.24. The van der Waals surface area contributed by atoms with Gasteiger partial charge in [0.2, 0.25) is 0 Å². The Hall–Kier alpha value is -1.95. The summed E-state index contributed by atoms with van der Waals surface area (Å²) in [5, 5.41) is 3.78. The number of nitrogens with zero attached hydrogens (tertiary/aromatic N) is 4. The normalized spacial score (nSPS) is 16.8. The highest BCUT2D eigenvalue weighted by atomic mass is 16.5. The highest BCUT2D eigenvalue weighted by molar-refractivity contribution is 5.54. The zero-order valence-corrected chi connectivity index (χ0v) is 10.9. The van der Waals surface area contributed by atoms with Crippen LogP contribution in [-0.4, -0.2) is 34.3 Å². The van der Waals surface area contributed by atoms with Gasteiger partial charge < -0.3 is 15.2 Å². The molecule has 6 heteroatoms. The van der Waals surface area contributed by atoms with Crippen molar-refractivity contribution in [3.63, 3.8) is 0 Å². The lowest BCUT2D eigenvalue weighted by Crippen LogP contribution is -2.40. The number of nitrogens with two attached hydrogens (primary N) is 1. The summed E-state index contributed by atoms with van der Waals surface area (Å²) in [4.78, 5) is 10.9. The maximum atomic E-state index is 5.90. The van der Waals surface area contributed by atoms with E-state index < -0.39 is 0 Å². The molecule has 0 spiro atoms. The van der Waals surface area contributed by atoms with E-state index in [2.05, 4.69) is 20.0 Å². The van der Waals surface area contributed by atoms with E-state index in [0.29, 0.717) is 17.8 Å². The van der Waals surface area contributed by atoms with Crippen LogP contribution in [0.1, 0.15) is 18.7 Å². The van der Waals surface area contributed by atoms with Crippen molar-refractivity contribution >= 4 is 5.82 Å². The molecule has 0 atom stereocenters. The summed E-state index contributed by atoms with van der Waals surface area (Å²) >= 11 is 0. The number of aryl methyl sites for hydroxylation is 1. The summed E-state index contributed by atoms with van der Waals surface area (Å²) in [5.41, 5.74) is 6.75. The number of hydrogen-bond acceptors (Lipinski definition) is 6. The van der Waals surface area contributed by atoms with Gasteiger partial charge in [0.05, 0.1) is 5.56 Å². The molecule has 0 unspecified atom stereocenters. The quantitative estimate of drug-likeness (QED) is 0.877. The van der Waals surface area contributed by atoms with E-state index in [4.69, 9.17) is 10.3 Å². The van der Waals surface area contributed by atoms with E-state index >= 15 is 0 Å². The third-order valence-corrected chi connectivity index (χ3v) is 3.39. The zero-order chi connectivity index (χ0) is 13.2. The van der Waals surface area contributed by atoms with Gasteiger partial charge >= 0.3 is 0 Å². The van der Waals surface area contributed by atoms with Crippen LogP contribution in [0.15, 0.2) is 22.9 Å². The predicted octanol–water partition coefficient (Wildman–Crippen LogP) is 1.37. The van der Waals surface area contributed by atoms with Crippen LogP contribution in [0.2, 0.25) is 0 Å². The SMILES string of the molecule is Cc1noc(-c2ccc(N3CCC(N)CC3)nc2)n1. The lowest BCUT2D eigenvalue weighted by Gasteiger charge is -2.31. The molecule has 2 aromatic heterocycles. The molecule has 0 aromatic carbocycles. The molecule has 6 nitrogen and oxygen atoms in total. The molecule has 0 saturated carbocycles. The Bertz CT molecular complexity index is 542. The topological polar surface area (TPSA) is 81.1 Å². The first-order chi connectivity index (χ1) is 9.22. The largest absolute Gasteiger partial charge is 0.357 e. The van der Waals surface area contributed by atoms with Crippen molar-refractivity contribution in [1.82, 2.24) is 15.1 Å². The van der Waals surface area contributed by atoms with Crippen molar-refractivity contribution in [2.75, 3.05) is 18.0 Å². The van der Waals surface area contributed by atoms with E-state index in [9.17, 15) is 0 Å². The van der Waals surface area contributed by atoms with Gasteiger partial charge in [-0.2, -0.15) is 4.98 Å². The van der Waals surface area contributed by atoms with Gasteiger partial charge in [0.1, 0.15) is 5.82 Å². The van der Waals surface area contributed by atoms with Crippen molar-refractivity contribution in [3.8, 4) is 11.5 Å². The first kappa shape index (κ1) is 12.1. The summed E-state index contributed by atoms with van der Waals surface area (Å²) in [5.74, 6) is 2.12. The Kier molecular flexibility index (Phi) is 3.16. The van der Waals surface area contributed by atoms with Gasteiger partial charge in [-0.05, 0) is 31.9 Å². The number of anilines is 1. The van der Waals surface area contributed by atoms with E-state index in [1.54, 1.807) is 13.1 Å². The number of piperidine rings is 1. The molecule has 0 amide bonds. The second-order valence-corrected chi connectivity index (χ2v) is 4.88. The summed E-state index contributed by atoms with van der Waals surface area (Å²) in [6, 6.07) is 4.28. The van der Waals surface area contributed by atoms with E-state index in [1.165, 1.54) is 0 Å². The molecule has 1 saturated heterocycles. The first-order valence-electron chi connectivity index (χ1n) is 6.49. The van der Waals surface area contributed by atoms with Crippen molar-refractivity contribution in [1.29, 1.82) is 0 Å². The van der Waals surface area contributed by atoms with Crippen molar-refractivity contribution < 1.29 is 4.52 Å². The number of hydrogen-bond donors (Lipinski definition) is 1. The summed E-state index contributed by atoms with van der Waals surface area (Å²) in [6.45, 7) is 3.73. The molecule has 0 radical (unpaired) electrons. The van der Waals surface area contributed by atoms with E-state index in [-0.39, 0.29) is 0 Å². The molecule has 0 bridgehead atoms. The van der Waals surface area contributed by atoms with Gasteiger partial charge in [-0.25, -0.2) is 4.98 Å². The fraction of sp³-hybridized carbons (Fsp3) is 0.462. The molecule has 1 aliphatic rings. The van der Waals surface area contributed by atoms with Crippen LogP contribution in [0.4, 0.5) is 5.82 Å². The van der Waals surface area contributed by atoms with Gasteiger partial charge in [-0.1, -0.05) is 5.16 Å². The van der Waals surface area contributed by atoms with Gasteiger partial charge in [-0.3, -0.25) is 0 Å². The Labute approximate surface area is 111 Å². The molecule has 1 aliphatic heterocycles. The van der Waals surface area contributed by atoms with Crippen LogP contribution in [0.5, 0.6) is 0 Å². The van der Waals surface area contributed by atoms with Crippen LogP contribution < -0.4 is 10.6 Å². The van der Waals surface area contributed by atoms with Crippen molar-refractivity contribution in [2.45, 2.75) is 25.8 Å². The third-order valence-electron chi connectivity index (χ3n) is 3.39. The molecule has 3 heterocycles. The summed E-state index contributed by atoms with van der Waals surface area (Å²) in [6.07, 6.45) is 3.81. The van der Waals surface area contributed by atoms with Crippen LogP contribution >= 0.6 is 0 Å². The average Bonchev–Trinajstić information content (AvgIpc) is 2.87. The monoisotopic (exact) mass is 259 g/mol. The number of aromatic nitrogens is 3. The lowest BCUT2D eigenvalue weighted by atomic mass is 10.1. The Morgan fingerprint density at radius 3 is 2.68 bits per heavy atom. The second kappa shape index (κ2) is 4.97. The van der Waals surface area contributed by atoms with Crippen LogP contribution in [0.25, 0.3) is 11.5 Å². The molecular weight excluding hydrogens is 242 g/mol. The molecule has 3 rings (SSSR count). The Morgan fingerprint density at radius 2 is 2.11 bits per heavy atom. The molecule has 100 valence electrons. The van der Waals surface area contributed by atoms with Crippen LogP contribution in [-0.2, 0) is 0 Å². The van der Waals surface area contributed by atoms with Gasteiger partial charge in [0, 0.05) is 25.3 Å². The van der Waals surface area contributed by atoms with Crippen molar-refractivity contribution in [3.05, 3.63) is 24.2 Å². The van der Waals surface area contributed by atoms with Gasteiger partial charge in [-0.15, -0.1) is 0 Å². The molecule has 2 aromatic rings. The Morgan fingerprint density at radius 1 is 1.32 bits per heavy atom. The minimum Gasteiger partial charge on any atom is -0.357 e. The minimum absolute atomic E-state index is 0.330. The van der Waals surface area contributed by atoms with Crippen LogP contribution in [0.3, 0.4) is 0 Å². The first-order valence-corrected chi connectivity index (χ1v) is 6.49. The highest BCUT2D eigenvalue weighted by Gasteiger charge is 2.17. The highest BCUT2D eigenvalue weighted by Crippen LogP contribution is 2.21. The number of pyridine rings is 1. The fourth-order valence-corrected chi connectivity index (χ4v) is 2.24. The molecular formula is C13H17N5O. The smallest absolute Gasteiger partial charge is 0.259 e. The summed E-state index contributed by atoms with van der Waals surface area (Å²) in [7, 11) is 0. The zero-order valence-electron chi connectivity index (χ0n) is 10.9. The molecule has 19 heavy (non-hydrogen) atoms. The van der Waals surface area contributed by atoms with E-state index in [0.717, 1.165) is 37.3 Å². The average molecular weight is 259 g/mol. The van der Waals surface area contributed by atoms with Crippen molar-refractivity contribution in [2.24, 2.45) is 5.73 Å². The van der Waals surface area contributed by atoms with Gasteiger partial charge in [0.15, 0.2) is 5.82 Å². The Balaban J connectivity index is 1.75. The van der Waals surface area contributed by atoms with E-state index in [1.807, 2.05) is 12.1 Å². The lowest BCUT2D eigenvalue weighted by molar-refractivity contribution is 0.425. The maximum absolute atomic E-state index is 5.90. The standard InChI is InChI=1S/C13H17N5O/c1-9-16-13(19-17-9)10-2-3-12(15-8-10)18-6-4-11(14)5-7-18/h2-3,8,11H,4-7,14H2,1H3. The third kappa shape index (κ3) is 2.58. The predicted molar refractivity (Wildman–Crippen MR) is 71.7 cm³/mol. The second-order valence-electron chi connectivity index (χ2n) is 4.88. The summed E-state index contributed by atoms with van der Waals surface area (Å²) < 4.78 is 5.12. The molecule has 2 N–H and O–H groups in total. The minimum atomic E-state index is 0.330.